The van der Waals surface area contributed by atoms with Crippen molar-refractivity contribution in [1.82, 2.24) is 14.6 Å². The Kier molecular flexibility index (Phi) is 4.09. The zero-order valence-electron chi connectivity index (χ0n) is 9.80. The Labute approximate surface area is 104 Å². The highest BCUT2D eigenvalue weighted by molar-refractivity contribution is 7.89. The monoisotopic (exact) mass is 275 g/mol. The molecule has 3 N–H and O–H groups in total. The van der Waals surface area contributed by atoms with Gasteiger partial charge in [0, 0.05) is 20.3 Å². The molecule has 1 amide bonds. The van der Waals surface area contributed by atoms with E-state index in [0.29, 0.717) is 0 Å². The number of sulfonamides is 1. The van der Waals surface area contributed by atoms with Gasteiger partial charge in [-0.25, -0.2) is 13.2 Å². The summed E-state index contributed by atoms with van der Waals surface area (Å²) in [6.45, 7) is -0.341. The smallest absolute Gasteiger partial charge is 0.352 e. The number of hydrogen-bond donors (Lipinski definition) is 3. The van der Waals surface area contributed by atoms with E-state index in [1.165, 1.54) is 14.1 Å². The molecule has 0 fully saturated rings. The van der Waals surface area contributed by atoms with E-state index in [1.807, 2.05) is 0 Å². The average molecular weight is 275 g/mol. The molecule has 0 bridgehead atoms. The SMILES string of the molecule is CNC(=O)CN(C)S(=O)(=O)c1c[nH]c(C(=O)O)c1. The molecule has 100 valence electrons. The van der Waals surface area contributed by atoms with Gasteiger partial charge in [-0.05, 0) is 6.07 Å². The highest BCUT2D eigenvalue weighted by atomic mass is 32.2. The molecule has 0 atom stereocenters. The van der Waals surface area contributed by atoms with E-state index >= 15 is 0 Å². The predicted molar refractivity (Wildman–Crippen MR) is 61.6 cm³/mol. The highest BCUT2D eigenvalue weighted by Gasteiger charge is 2.24. The van der Waals surface area contributed by atoms with E-state index in [9.17, 15) is 18.0 Å². The number of aromatic nitrogens is 1. The van der Waals surface area contributed by atoms with Gasteiger partial charge >= 0.3 is 5.97 Å². The van der Waals surface area contributed by atoms with Crippen LogP contribution in [0.2, 0.25) is 0 Å². The molecule has 9 heteroatoms. The highest BCUT2D eigenvalue weighted by Crippen LogP contribution is 2.15. The van der Waals surface area contributed by atoms with E-state index in [4.69, 9.17) is 5.11 Å². The van der Waals surface area contributed by atoms with Crippen LogP contribution >= 0.6 is 0 Å². The molecule has 1 heterocycles. The van der Waals surface area contributed by atoms with Crippen LogP contribution in [0.15, 0.2) is 17.2 Å². The van der Waals surface area contributed by atoms with Gasteiger partial charge in [0.15, 0.2) is 0 Å². The first-order valence-corrected chi connectivity index (χ1v) is 6.31. The van der Waals surface area contributed by atoms with Crippen LogP contribution in [0.4, 0.5) is 0 Å². The molecule has 8 nitrogen and oxygen atoms in total. The Morgan fingerprint density at radius 3 is 2.56 bits per heavy atom. The van der Waals surface area contributed by atoms with Crippen molar-refractivity contribution < 1.29 is 23.1 Å². The molecule has 0 aromatic carbocycles. The summed E-state index contributed by atoms with van der Waals surface area (Å²) in [4.78, 5) is 23.9. The molecule has 0 saturated heterocycles. The second-order valence-electron chi connectivity index (χ2n) is 3.49. The van der Waals surface area contributed by atoms with Crippen LogP contribution in [0.1, 0.15) is 10.5 Å². The number of aromatic carboxylic acids is 1. The molecule has 0 aliphatic rings. The van der Waals surface area contributed by atoms with Gasteiger partial charge in [0.05, 0.1) is 6.54 Å². The largest absolute Gasteiger partial charge is 0.477 e. The van der Waals surface area contributed by atoms with Gasteiger partial charge in [-0.15, -0.1) is 0 Å². The van der Waals surface area contributed by atoms with Crippen LogP contribution in [0.5, 0.6) is 0 Å². The average Bonchev–Trinajstić information content (AvgIpc) is 2.78. The number of rotatable bonds is 5. The number of carboxylic acids is 1. The van der Waals surface area contributed by atoms with E-state index in [1.54, 1.807) is 0 Å². The molecule has 0 radical (unpaired) electrons. The number of carbonyl (C=O) groups is 2. The molecular weight excluding hydrogens is 262 g/mol. The second-order valence-corrected chi connectivity index (χ2v) is 5.53. The molecular formula is C9H13N3O5S. The van der Waals surface area contributed by atoms with Crippen LogP contribution < -0.4 is 5.32 Å². The summed E-state index contributed by atoms with van der Waals surface area (Å²) in [6.07, 6.45) is 1.07. The minimum atomic E-state index is -3.88. The number of H-pyrrole nitrogens is 1. The maximum absolute atomic E-state index is 12.0. The Morgan fingerprint density at radius 2 is 2.11 bits per heavy atom. The lowest BCUT2D eigenvalue weighted by atomic mass is 10.4. The summed E-state index contributed by atoms with van der Waals surface area (Å²) in [5.41, 5.74) is -0.234. The normalized spacial score (nSPS) is 11.5. The molecule has 0 saturated carbocycles. The Hall–Kier alpha value is -1.87. The fourth-order valence-corrected chi connectivity index (χ4v) is 2.31. The van der Waals surface area contributed by atoms with Crippen molar-refractivity contribution in [3.63, 3.8) is 0 Å². The van der Waals surface area contributed by atoms with Gasteiger partial charge in [0.25, 0.3) is 0 Å². The van der Waals surface area contributed by atoms with Crippen LogP contribution in [0.25, 0.3) is 0 Å². The van der Waals surface area contributed by atoms with Gasteiger partial charge in [0.2, 0.25) is 15.9 Å². The molecule has 18 heavy (non-hydrogen) atoms. The van der Waals surface area contributed by atoms with Crippen molar-refractivity contribution in [2.45, 2.75) is 4.90 Å². The number of aromatic amines is 1. The predicted octanol–water partition coefficient (Wildman–Crippen LogP) is -0.921. The number of carboxylic acid groups (broad SMARTS) is 1. The fraction of sp³-hybridized carbons (Fsp3) is 0.333. The van der Waals surface area contributed by atoms with Crippen molar-refractivity contribution in [1.29, 1.82) is 0 Å². The van der Waals surface area contributed by atoms with Crippen LogP contribution in [-0.2, 0) is 14.8 Å². The lowest BCUT2D eigenvalue weighted by Gasteiger charge is -2.14. The summed E-state index contributed by atoms with van der Waals surface area (Å²) in [7, 11) is -1.25. The van der Waals surface area contributed by atoms with Crippen molar-refractivity contribution in [3.8, 4) is 0 Å². The molecule has 0 aliphatic heterocycles. The van der Waals surface area contributed by atoms with Gasteiger partial charge in [0.1, 0.15) is 10.6 Å². The first-order chi connectivity index (χ1) is 8.28. The van der Waals surface area contributed by atoms with E-state index < -0.39 is 21.9 Å². The third-order valence-electron chi connectivity index (χ3n) is 2.24. The Balaban J connectivity index is 2.98. The van der Waals surface area contributed by atoms with Gasteiger partial charge in [-0.2, -0.15) is 4.31 Å². The molecule has 1 aromatic heterocycles. The van der Waals surface area contributed by atoms with E-state index in [0.717, 1.165) is 16.6 Å². The van der Waals surface area contributed by atoms with E-state index in [-0.39, 0.29) is 17.1 Å². The third kappa shape index (κ3) is 2.87. The maximum Gasteiger partial charge on any atom is 0.352 e. The second kappa shape index (κ2) is 5.19. The Bertz CT molecular complexity index is 563. The summed E-state index contributed by atoms with van der Waals surface area (Å²) >= 11 is 0. The van der Waals surface area contributed by atoms with Crippen LogP contribution in [-0.4, -0.2) is 55.3 Å². The van der Waals surface area contributed by atoms with Crippen LogP contribution in [0, 0.1) is 0 Å². The number of amides is 1. The van der Waals surface area contributed by atoms with Crippen LogP contribution in [0.3, 0.4) is 0 Å². The standard InChI is InChI=1S/C9H13N3O5S/c1-10-8(13)5-12(2)18(16,17)6-3-7(9(14)15)11-4-6/h3-4,11H,5H2,1-2H3,(H,10,13)(H,14,15). The van der Waals surface area contributed by atoms with Crippen molar-refractivity contribution in [2.24, 2.45) is 0 Å². The number of nitrogens with one attached hydrogen (secondary N) is 2. The molecule has 0 unspecified atom stereocenters. The summed E-state index contributed by atoms with van der Waals surface area (Å²) < 4.78 is 24.7. The van der Waals surface area contributed by atoms with Gasteiger partial charge < -0.3 is 15.4 Å². The summed E-state index contributed by atoms with van der Waals surface area (Å²) in [6, 6.07) is 0.998. The maximum atomic E-state index is 12.0. The zero-order valence-corrected chi connectivity index (χ0v) is 10.6. The first-order valence-electron chi connectivity index (χ1n) is 4.87. The third-order valence-corrected chi connectivity index (χ3v) is 4.02. The number of hydrogen-bond acceptors (Lipinski definition) is 4. The van der Waals surface area contributed by atoms with Crippen molar-refractivity contribution >= 4 is 21.9 Å². The molecule has 0 spiro atoms. The number of carbonyl (C=O) groups excluding carboxylic acids is 1. The topological polar surface area (TPSA) is 120 Å². The first kappa shape index (κ1) is 14.2. The minimum absolute atomic E-state index is 0.202. The molecule has 1 aromatic rings. The van der Waals surface area contributed by atoms with E-state index in [2.05, 4.69) is 10.3 Å². The quantitative estimate of drug-likeness (QED) is 0.642. The number of likely N-dealkylation sites (N-methyl/N-ethyl adjacent to an activating group) is 2. The van der Waals surface area contributed by atoms with Gasteiger partial charge in [-0.3, -0.25) is 4.79 Å². The minimum Gasteiger partial charge on any atom is -0.477 e. The fourth-order valence-electron chi connectivity index (χ4n) is 1.19. The number of nitrogens with zero attached hydrogens (tertiary/aromatic N) is 1. The zero-order chi connectivity index (χ0) is 13.9. The Morgan fingerprint density at radius 1 is 1.50 bits per heavy atom. The van der Waals surface area contributed by atoms with Crippen molar-refractivity contribution in [3.05, 3.63) is 18.0 Å². The lowest BCUT2D eigenvalue weighted by Crippen LogP contribution is -2.36. The molecule has 1 rings (SSSR count). The van der Waals surface area contributed by atoms with Gasteiger partial charge in [-0.1, -0.05) is 0 Å². The summed E-state index contributed by atoms with van der Waals surface area (Å²) in [5, 5.41) is 11.0. The van der Waals surface area contributed by atoms with Crippen molar-refractivity contribution in [2.75, 3.05) is 20.6 Å². The molecule has 0 aliphatic carbocycles. The lowest BCUT2D eigenvalue weighted by molar-refractivity contribution is -0.120. The summed E-state index contributed by atoms with van der Waals surface area (Å²) in [5.74, 6) is -1.72.